The number of amides is 2. The minimum absolute atomic E-state index is 0.171. The summed E-state index contributed by atoms with van der Waals surface area (Å²) < 4.78 is 4.99. The van der Waals surface area contributed by atoms with Crippen molar-refractivity contribution in [3.63, 3.8) is 0 Å². The predicted octanol–water partition coefficient (Wildman–Crippen LogP) is -0.0276. The Hall–Kier alpha value is -2.44. The average Bonchev–Trinajstić information content (AvgIpc) is 2.46. The third-order valence-electron chi connectivity index (χ3n) is 2.63. The fourth-order valence-corrected chi connectivity index (χ4v) is 1.59. The van der Waals surface area contributed by atoms with Crippen LogP contribution in [0.1, 0.15) is 18.4 Å². The van der Waals surface area contributed by atoms with Gasteiger partial charge in [0.05, 0.1) is 7.11 Å². The highest BCUT2D eigenvalue weighted by atomic mass is 16.5. The Labute approximate surface area is 110 Å². The lowest BCUT2D eigenvalue weighted by atomic mass is 10.1. The van der Waals surface area contributed by atoms with Gasteiger partial charge in [-0.25, -0.2) is 10.4 Å². The van der Waals surface area contributed by atoms with Gasteiger partial charge >= 0.3 is 0 Å². The van der Waals surface area contributed by atoms with Crippen molar-refractivity contribution in [1.82, 2.24) is 15.7 Å². The summed E-state index contributed by atoms with van der Waals surface area (Å²) in [6.07, 6.45) is 2.26. The van der Waals surface area contributed by atoms with Crippen molar-refractivity contribution >= 4 is 17.5 Å². The Morgan fingerprint density at radius 1 is 1.53 bits per heavy atom. The van der Waals surface area contributed by atoms with Crippen LogP contribution in [-0.4, -0.2) is 29.6 Å². The number of carbonyl (C=O) groups is 2. The largest absolute Gasteiger partial charge is 0.481 e. The summed E-state index contributed by atoms with van der Waals surface area (Å²) >= 11 is 0. The van der Waals surface area contributed by atoms with E-state index >= 15 is 0 Å². The fraction of sp³-hybridized carbons (Fsp3) is 0.333. The van der Waals surface area contributed by atoms with E-state index in [0.717, 1.165) is 5.56 Å². The normalized spacial score (nSPS) is 14.4. The number of rotatable bonds is 4. The van der Waals surface area contributed by atoms with E-state index in [1.807, 2.05) is 0 Å². The van der Waals surface area contributed by atoms with Crippen molar-refractivity contribution in [2.45, 2.75) is 19.4 Å². The number of pyridine rings is 1. The lowest BCUT2D eigenvalue weighted by Crippen LogP contribution is -2.36. The maximum absolute atomic E-state index is 11.8. The molecule has 0 saturated heterocycles. The third kappa shape index (κ3) is 3.51. The van der Waals surface area contributed by atoms with Gasteiger partial charge in [-0.2, -0.15) is 5.10 Å². The first kappa shape index (κ1) is 13.0. The number of ether oxygens (including phenoxy) is 1. The van der Waals surface area contributed by atoms with E-state index in [1.54, 1.807) is 18.3 Å². The molecule has 19 heavy (non-hydrogen) atoms. The van der Waals surface area contributed by atoms with E-state index in [0.29, 0.717) is 24.6 Å². The molecule has 0 spiro atoms. The predicted molar refractivity (Wildman–Crippen MR) is 67.4 cm³/mol. The van der Waals surface area contributed by atoms with E-state index < -0.39 is 0 Å². The summed E-state index contributed by atoms with van der Waals surface area (Å²) in [5.74, 6) is 0.0419. The molecule has 2 N–H and O–H groups in total. The number of nitrogens with one attached hydrogen (secondary N) is 2. The van der Waals surface area contributed by atoms with Gasteiger partial charge in [0.15, 0.2) is 0 Å². The van der Waals surface area contributed by atoms with E-state index in [-0.39, 0.29) is 18.2 Å². The highest BCUT2D eigenvalue weighted by molar-refractivity contribution is 6.39. The second-order valence-corrected chi connectivity index (χ2v) is 3.98. The summed E-state index contributed by atoms with van der Waals surface area (Å²) in [6, 6.07) is 3.53. The van der Waals surface area contributed by atoms with Gasteiger partial charge in [0.1, 0.15) is 5.71 Å². The SMILES string of the molecule is COc1cc(CNC(=O)C2=NNC(=O)CC2)ccn1. The summed E-state index contributed by atoms with van der Waals surface area (Å²) in [7, 11) is 1.53. The molecule has 2 rings (SSSR count). The van der Waals surface area contributed by atoms with Crippen LogP contribution in [0.15, 0.2) is 23.4 Å². The van der Waals surface area contributed by atoms with Crippen LogP contribution in [0.3, 0.4) is 0 Å². The van der Waals surface area contributed by atoms with Gasteiger partial charge in [-0.1, -0.05) is 0 Å². The smallest absolute Gasteiger partial charge is 0.267 e. The molecule has 7 nitrogen and oxygen atoms in total. The first-order chi connectivity index (χ1) is 9.19. The van der Waals surface area contributed by atoms with Crippen LogP contribution in [0.2, 0.25) is 0 Å². The van der Waals surface area contributed by atoms with Gasteiger partial charge in [0.25, 0.3) is 5.91 Å². The van der Waals surface area contributed by atoms with E-state index in [4.69, 9.17) is 4.74 Å². The van der Waals surface area contributed by atoms with Crippen LogP contribution in [-0.2, 0) is 16.1 Å². The monoisotopic (exact) mass is 262 g/mol. The lowest BCUT2D eigenvalue weighted by molar-refractivity contribution is -0.121. The van der Waals surface area contributed by atoms with Gasteiger partial charge < -0.3 is 10.1 Å². The molecule has 7 heteroatoms. The van der Waals surface area contributed by atoms with Crippen molar-refractivity contribution in [1.29, 1.82) is 0 Å². The molecule has 1 aromatic heterocycles. The quantitative estimate of drug-likeness (QED) is 0.797. The van der Waals surface area contributed by atoms with Gasteiger partial charge in [-0.15, -0.1) is 0 Å². The van der Waals surface area contributed by atoms with Crippen molar-refractivity contribution < 1.29 is 14.3 Å². The van der Waals surface area contributed by atoms with Crippen LogP contribution >= 0.6 is 0 Å². The molecule has 0 fully saturated rings. The number of aromatic nitrogens is 1. The molecule has 100 valence electrons. The molecule has 1 aliphatic rings. The summed E-state index contributed by atoms with van der Waals surface area (Å²) in [5.41, 5.74) is 3.50. The molecule has 0 saturated carbocycles. The van der Waals surface area contributed by atoms with E-state index in [9.17, 15) is 9.59 Å². The number of carbonyl (C=O) groups excluding carboxylic acids is 2. The van der Waals surface area contributed by atoms with Crippen molar-refractivity contribution in [3.05, 3.63) is 23.9 Å². The number of hydrazone groups is 1. The van der Waals surface area contributed by atoms with E-state index in [1.165, 1.54) is 7.11 Å². The number of methoxy groups -OCH3 is 1. The fourth-order valence-electron chi connectivity index (χ4n) is 1.59. The Morgan fingerprint density at radius 3 is 3.05 bits per heavy atom. The number of hydrogen-bond acceptors (Lipinski definition) is 5. The number of hydrogen-bond donors (Lipinski definition) is 2. The second kappa shape index (κ2) is 5.94. The zero-order valence-corrected chi connectivity index (χ0v) is 10.5. The van der Waals surface area contributed by atoms with Crippen LogP contribution in [0.4, 0.5) is 0 Å². The Morgan fingerprint density at radius 2 is 2.37 bits per heavy atom. The molecular weight excluding hydrogens is 248 g/mol. The molecular formula is C12H14N4O3. The second-order valence-electron chi connectivity index (χ2n) is 3.98. The average molecular weight is 262 g/mol. The van der Waals surface area contributed by atoms with Crippen LogP contribution < -0.4 is 15.5 Å². The third-order valence-corrected chi connectivity index (χ3v) is 2.63. The van der Waals surface area contributed by atoms with E-state index in [2.05, 4.69) is 20.8 Å². The molecule has 1 aromatic rings. The highest BCUT2D eigenvalue weighted by Crippen LogP contribution is 2.08. The Bertz CT molecular complexity index is 527. The zero-order chi connectivity index (χ0) is 13.7. The molecule has 0 aromatic carbocycles. The van der Waals surface area contributed by atoms with Crippen molar-refractivity contribution in [2.75, 3.05) is 7.11 Å². The standard InChI is InChI=1S/C12H14N4O3/c1-19-11-6-8(4-5-13-11)7-14-12(18)9-2-3-10(17)16-15-9/h4-6H,2-3,7H2,1H3,(H,14,18)(H,16,17). The van der Waals surface area contributed by atoms with Crippen molar-refractivity contribution in [2.24, 2.45) is 5.10 Å². The minimum atomic E-state index is -0.282. The zero-order valence-electron chi connectivity index (χ0n) is 10.5. The Balaban J connectivity index is 1.91. The van der Waals surface area contributed by atoms with Gasteiger partial charge in [-0.05, 0) is 11.6 Å². The van der Waals surface area contributed by atoms with Crippen molar-refractivity contribution in [3.8, 4) is 5.88 Å². The molecule has 0 unspecified atom stereocenters. The molecule has 0 atom stereocenters. The minimum Gasteiger partial charge on any atom is -0.481 e. The molecule has 2 heterocycles. The van der Waals surface area contributed by atoms with Crippen LogP contribution in [0.5, 0.6) is 5.88 Å². The molecule has 2 amide bonds. The maximum Gasteiger partial charge on any atom is 0.267 e. The first-order valence-corrected chi connectivity index (χ1v) is 5.81. The topological polar surface area (TPSA) is 92.7 Å². The summed E-state index contributed by atoms with van der Waals surface area (Å²) in [5, 5.41) is 6.45. The van der Waals surface area contributed by atoms with Crippen LogP contribution in [0.25, 0.3) is 0 Å². The Kier molecular flexibility index (Phi) is 4.07. The summed E-state index contributed by atoms with van der Waals surface area (Å²) in [4.78, 5) is 26.7. The summed E-state index contributed by atoms with van der Waals surface area (Å²) in [6.45, 7) is 0.352. The molecule has 0 bridgehead atoms. The molecule has 0 radical (unpaired) electrons. The van der Waals surface area contributed by atoms with Gasteiger partial charge in [-0.3, -0.25) is 9.59 Å². The highest BCUT2D eigenvalue weighted by Gasteiger charge is 2.17. The maximum atomic E-state index is 11.8. The molecule has 0 aliphatic carbocycles. The molecule has 1 aliphatic heterocycles. The number of nitrogens with zero attached hydrogens (tertiary/aromatic N) is 2. The lowest BCUT2D eigenvalue weighted by Gasteiger charge is -2.12. The van der Waals surface area contributed by atoms with Crippen LogP contribution in [0, 0.1) is 0 Å². The van der Waals surface area contributed by atoms with Gasteiger partial charge in [0.2, 0.25) is 11.8 Å². The first-order valence-electron chi connectivity index (χ1n) is 5.81. The van der Waals surface area contributed by atoms with Gasteiger partial charge in [0, 0.05) is 31.6 Å².